The number of benzene rings is 1. The third kappa shape index (κ3) is 4.30. The molecule has 0 radical (unpaired) electrons. The van der Waals surface area contributed by atoms with Gasteiger partial charge in [-0.05, 0) is 50.9 Å². The summed E-state index contributed by atoms with van der Waals surface area (Å²) in [5, 5.41) is 2.98. The number of carbonyl (C=O) groups is 1. The Labute approximate surface area is 120 Å². The summed E-state index contributed by atoms with van der Waals surface area (Å²) in [6.45, 7) is 6.40. The number of amides is 1. The first kappa shape index (κ1) is 15.0. The van der Waals surface area contributed by atoms with Gasteiger partial charge in [-0.15, -0.1) is 0 Å². The van der Waals surface area contributed by atoms with E-state index in [2.05, 4.69) is 10.2 Å². The Morgan fingerprint density at radius 1 is 1.50 bits per heavy atom. The largest absolute Gasteiger partial charge is 0.354 e. The van der Waals surface area contributed by atoms with Gasteiger partial charge in [-0.2, -0.15) is 0 Å². The quantitative estimate of drug-likeness (QED) is 0.918. The first-order chi connectivity index (χ1) is 9.54. The first-order valence-corrected chi connectivity index (χ1v) is 7.32. The number of nitrogens with one attached hydrogen (secondary N) is 1. The monoisotopic (exact) mass is 278 g/mol. The fourth-order valence-corrected chi connectivity index (χ4v) is 2.71. The zero-order valence-electron chi connectivity index (χ0n) is 12.2. The van der Waals surface area contributed by atoms with E-state index >= 15 is 0 Å². The van der Waals surface area contributed by atoms with Crippen molar-refractivity contribution in [2.24, 2.45) is 5.92 Å². The average Bonchev–Trinajstić information content (AvgIpc) is 2.38. The maximum atomic E-state index is 13.2. The number of nitrogens with zero attached hydrogens (tertiary/aromatic N) is 1. The minimum atomic E-state index is -0.200. The number of halogens is 1. The highest BCUT2D eigenvalue weighted by atomic mass is 19.1. The zero-order valence-corrected chi connectivity index (χ0v) is 12.2. The molecule has 0 spiro atoms. The second kappa shape index (κ2) is 6.84. The van der Waals surface area contributed by atoms with E-state index in [1.165, 1.54) is 6.07 Å². The van der Waals surface area contributed by atoms with E-state index in [9.17, 15) is 9.18 Å². The van der Waals surface area contributed by atoms with Gasteiger partial charge in [-0.25, -0.2) is 4.39 Å². The molecule has 1 aromatic rings. The predicted molar refractivity (Wildman–Crippen MR) is 77.7 cm³/mol. The topological polar surface area (TPSA) is 32.3 Å². The molecule has 1 saturated heterocycles. The highest BCUT2D eigenvalue weighted by Crippen LogP contribution is 2.19. The van der Waals surface area contributed by atoms with Crippen molar-refractivity contribution in [1.29, 1.82) is 0 Å². The molecule has 1 heterocycles. The van der Waals surface area contributed by atoms with Crippen molar-refractivity contribution in [3.63, 3.8) is 0 Å². The third-order valence-corrected chi connectivity index (χ3v) is 3.60. The Morgan fingerprint density at radius 3 is 3.00 bits per heavy atom. The summed E-state index contributed by atoms with van der Waals surface area (Å²) in [4.78, 5) is 14.3. The Morgan fingerprint density at radius 2 is 2.30 bits per heavy atom. The van der Waals surface area contributed by atoms with Crippen LogP contribution in [-0.4, -0.2) is 29.9 Å². The Balaban J connectivity index is 1.92. The van der Waals surface area contributed by atoms with Crippen LogP contribution in [-0.2, 0) is 11.3 Å². The molecular formula is C16H23FN2O. The standard InChI is InChI=1S/C16H23FN2O/c1-12(2)18-16(20)14-6-4-8-19(11-14)10-13-5-3-7-15(17)9-13/h3,5,7,9,12,14H,4,6,8,10-11H2,1-2H3,(H,18,20). The van der Waals surface area contributed by atoms with Crippen molar-refractivity contribution in [1.82, 2.24) is 10.2 Å². The molecule has 2 rings (SSSR count). The lowest BCUT2D eigenvalue weighted by Gasteiger charge is -2.32. The van der Waals surface area contributed by atoms with Crippen molar-refractivity contribution in [3.8, 4) is 0 Å². The lowest BCUT2D eigenvalue weighted by atomic mass is 9.96. The summed E-state index contributed by atoms with van der Waals surface area (Å²) in [5.41, 5.74) is 0.968. The maximum absolute atomic E-state index is 13.2. The van der Waals surface area contributed by atoms with E-state index in [1.54, 1.807) is 12.1 Å². The van der Waals surface area contributed by atoms with Crippen LogP contribution in [0.2, 0.25) is 0 Å². The molecule has 1 aliphatic heterocycles. The summed E-state index contributed by atoms with van der Waals surface area (Å²) in [6, 6.07) is 6.87. The first-order valence-electron chi connectivity index (χ1n) is 7.32. The van der Waals surface area contributed by atoms with Crippen LogP contribution in [0.1, 0.15) is 32.3 Å². The van der Waals surface area contributed by atoms with E-state index in [4.69, 9.17) is 0 Å². The van der Waals surface area contributed by atoms with Crippen molar-refractivity contribution in [3.05, 3.63) is 35.6 Å². The van der Waals surface area contributed by atoms with Gasteiger partial charge in [0.1, 0.15) is 5.82 Å². The van der Waals surface area contributed by atoms with Crippen LogP contribution in [0.5, 0.6) is 0 Å². The molecule has 1 atom stereocenters. The van der Waals surface area contributed by atoms with Gasteiger partial charge in [0.15, 0.2) is 0 Å². The molecule has 0 saturated carbocycles. The van der Waals surface area contributed by atoms with Gasteiger partial charge < -0.3 is 5.32 Å². The molecule has 0 aliphatic carbocycles. The molecule has 1 aliphatic rings. The maximum Gasteiger partial charge on any atom is 0.224 e. The molecule has 0 bridgehead atoms. The molecule has 20 heavy (non-hydrogen) atoms. The lowest BCUT2D eigenvalue weighted by Crippen LogP contribution is -2.44. The number of piperidine rings is 1. The van der Waals surface area contributed by atoms with Gasteiger partial charge in [0.2, 0.25) is 5.91 Å². The molecule has 1 amide bonds. The molecular weight excluding hydrogens is 255 g/mol. The highest BCUT2D eigenvalue weighted by Gasteiger charge is 2.25. The molecule has 0 aromatic heterocycles. The Bertz CT molecular complexity index is 462. The fraction of sp³-hybridized carbons (Fsp3) is 0.562. The van der Waals surface area contributed by atoms with Crippen LogP contribution in [0.15, 0.2) is 24.3 Å². The van der Waals surface area contributed by atoms with Crippen molar-refractivity contribution < 1.29 is 9.18 Å². The van der Waals surface area contributed by atoms with Gasteiger partial charge in [0.25, 0.3) is 0 Å². The van der Waals surface area contributed by atoms with E-state index in [-0.39, 0.29) is 23.7 Å². The van der Waals surface area contributed by atoms with Crippen LogP contribution < -0.4 is 5.32 Å². The number of carbonyl (C=O) groups excluding carboxylic acids is 1. The summed E-state index contributed by atoms with van der Waals surface area (Å²) < 4.78 is 13.2. The molecule has 4 heteroatoms. The van der Waals surface area contributed by atoms with Crippen molar-refractivity contribution in [2.45, 2.75) is 39.3 Å². The second-order valence-corrected chi connectivity index (χ2v) is 5.87. The SMILES string of the molecule is CC(C)NC(=O)C1CCCN(Cc2cccc(F)c2)C1. The summed E-state index contributed by atoms with van der Waals surface area (Å²) in [6.07, 6.45) is 1.96. The van der Waals surface area contributed by atoms with Crippen molar-refractivity contribution in [2.75, 3.05) is 13.1 Å². The van der Waals surface area contributed by atoms with Gasteiger partial charge >= 0.3 is 0 Å². The molecule has 1 N–H and O–H groups in total. The normalized spacial score (nSPS) is 20.1. The third-order valence-electron chi connectivity index (χ3n) is 3.60. The summed E-state index contributed by atoms with van der Waals surface area (Å²) in [5.74, 6) is -0.00254. The fourth-order valence-electron chi connectivity index (χ4n) is 2.71. The highest BCUT2D eigenvalue weighted by molar-refractivity contribution is 5.79. The number of rotatable bonds is 4. The molecule has 1 aromatic carbocycles. The van der Waals surface area contributed by atoms with Crippen molar-refractivity contribution >= 4 is 5.91 Å². The molecule has 110 valence electrons. The number of hydrogen-bond donors (Lipinski definition) is 1. The van der Waals surface area contributed by atoms with Gasteiger partial charge in [0.05, 0.1) is 5.92 Å². The minimum absolute atomic E-state index is 0.0553. The van der Waals surface area contributed by atoms with Crippen LogP contribution in [0.25, 0.3) is 0 Å². The van der Waals surface area contributed by atoms with Gasteiger partial charge in [-0.3, -0.25) is 9.69 Å². The van der Waals surface area contributed by atoms with Crippen LogP contribution >= 0.6 is 0 Å². The molecule has 1 unspecified atom stereocenters. The average molecular weight is 278 g/mol. The predicted octanol–water partition coefficient (Wildman–Crippen LogP) is 2.56. The van der Waals surface area contributed by atoms with E-state index in [0.29, 0.717) is 6.54 Å². The lowest BCUT2D eigenvalue weighted by molar-refractivity contribution is -0.127. The van der Waals surface area contributed by atoms with E-state index in [0.717, 1.165) is 31.5 Å². The van der Waals surface area contributed by atoms with Crippen LogP contribution in [0.4, 0.5) is 4.39 Å². The van der Waals surface area contributed by atoms with Gasteiger partial charge in [0, 0.05) is 19.1 Å². The number of hydrogen-bond acceptors (Lipinski definition) is 2. The molecule has 3 nitrogen and oxygen atoms in total. The Kier molecular flexibility index (Phi) is 5.12. The Hall–Kier alpha value is -1.42. The molecule has 1 fully saturated rings. The summed E-state index contributed by atoms with van der Waals surface area (Å²) >= 11 is 0. The zero-order chi connectivity index (χ0) is 14.5. The van der Waals surface area contributed by atoms with E-state index in [1.807, 2.05) is 19.9 Å². The van der Waals surface area contributed by atoms with E-state index < -0.39 is 0 Å². The summed E-state index contributed by atoms with van der Waals surface area (Å²) in [7, 11) is 0. The van der Waals surface area contributed by atoms with Crippen LogP contribution in [0.3, 0.4) is 0 Å². The number of likely N-dealkylation sites (tertiary alicyclic amines) is 1. The second-order valence-electron chi connectivity index (χ2n) is 5.87. The minimum Gasteiger partial charge on any atom is -0.354 e. The van der Waals surface area contributed by atoms with Gasteiger partial charge in [-0.1, -0.05) is 12.1 Å². The smallest absolute Gasteiger partial charge is 0.224 e. The van der Waals surface area contributed by atoms with Crippen LogP contribution in [0, 0.1) is 11.7 Å².